The highest BCUT2D eigenvalue weighted by atomic mass is 35.5. The number of ether oxygens (including phenoxy) is 3. The van der Waals surface area contributed by atoms with Crippen LogP contribution in [0.15, 0.2) is 0 Å². The van der Waals surface area contributed by atoms with Gasteiger partial charge in [-0.05, 0) is 51.9 Å². The van der Waals surface area contributed by atoms with Gasteiger partial charge in [0, 0.05) is 36.4 Å². The molecule has 6 rings (SSSR count). The second kappa shape index (κ2) is 11.2. The lowest BCUT2D eigenvalue weighted by Crippen LogP contribution is -2.70. The van der Waals surface area contributed by atoms with E-state index in [2.05, 4.69) is 22.9 Å². The molecular formula is C26H41ClFN3O6. The Hall–Kier alpha value is -1.04. The molecule has 11 heteroatoms. The lowest BCUT2D eigenvalue weighted by molar-refractivity contribution is -0.143. The molecule has 37 heavy (non-hydrogen) atoms. The third-order valence-electron chi connectivity index (χ3n) is 9.48. The van der Waals surface area contributed by atoms with Gasteiger partial charge in [-0.1, -0.05) is 0 Å². The lowest BCUT2D eigenvalue weighted by Gasteiger charge is -2.56. The number of amides is 2. The van der Waals surface area contributed by atoms with Gasteiger partial charge in [0.05, 0.1) is 42.4 Å². The molecule has 2 amide bonds. The average molecular weight is 546 g/mol. The zero-order valence-corrected chi connectivity index (χ0v) is 22.3. The molecule has 0 aromatic carbocycles. The monoisotopic (exact) mass is 545 g/mol. The van der Waals surface area contributed by atoms with E-state index >= 15 is 0 Å². The lowest BCUT2D eigenvalue weighted by atomic mass is 9.60. The molecule has 0 radical (unpaired) electrons. The molecule has 7 unspecified atom stereocenters. The number of hydrogen-bond donors (Lipinski definition) is 4. The summed E-state index contributed by atoms with van der Waals surface area (Å²) in [6.07, 6.45) is 1.95. The van der Waals surface area contributed by atoms with Crippen molar-refractivity contribution in [2.45, 2.75) is 105 Å². The first-order valence-corrected chi connectivity index (χ1v) is 14.2. The van der Waals surface area contributed by atoms with Crippen LogP contribution in [0.2, 0.25) is 0 Å². The molecule has 0 spiro atoms. The minimum absolute atomic E-state index is 0.0566. The molecule has 2 bridgehead atoms. The maximum absolute atomic E-state index is 13.8. The Balaban J connectivity index is 1.08. The average Bonchev–Trinajstić information content (AvgIpc) is 3.34. The summed E-state index contributed by atoms with van der Waals surface area (Å²) in [7, 11) is 0. The zero-order valence-electron chi connectivity index (χ0n) is 21.6. The second-order valence-electron chi connectivity index (χ2n) is 12.0. The Labute approximate surface area is 222 Å². The van der Waals surface area contributed by atoms with E-state index in [9.17, 15) is 19.1 Å². The summed E-state index contributed by atoms with van der Waals surface area (Å²) in [4.78, 5) is 25.5. The van der Waals surface area contributed by atoms with Gasteiger partial charge in [0.1, 0.15) is 19.4 Å². The van der Waals surface area contributed by atoms with Gasteiger partial charge in [0.2, 0.25) is 11.8 Å². The zero-order chi connectivity index (χ0) is 26.2. The minimum atomic E-state index is -1.11. The molecule has 2 aliphatic heterocycles. The Kier molecular flexibility index (Phi) is 8.34. The molecular weight excluding hydrogens is 505 g/mol. The van der Waals surface area contributed by atoms with Gasteiger partial charge in [0.15, 0.2) is 0 Å². The van der Waals surface area contributed by atoms with Crippen LogP contribution in [0.4, 0.5) is 4.39 Å². The quantitative estimate of drug-likeness (QED) is 0.338. The van der Waals surface area contributed by atoms with E-state index in [1.807, 2.05) is 0 Å². The highest BCUT2D eigenvalue weighted by Crippen LogP contribution is 2.47. The van der Waals surface area contributed by atoms with Crippen molar-refractivity contribution >= 4 is 23.4 Å². The van der Waals surface area contributed by atoms with Crippen LogP contribution in [0.1, 0.15) is 58.3 Å². The van der Waals surface area contributed by atoms with Gasteiger partial charge in [-0.15, -0.1) is 11.6 Å². The first kappa shape index (κ1) is 27.5. The van der Waals surface area contributed by atoms with Crippen LogP contribution in [0, 0.1) is 11.8 Å². The van der Waals surface area contributed by atoms with Crippen molar-refractivity contribution < 1.29 is 33.3 Å². The summed E-state index contributed by atoms with van der Waals surface area (Å²) in [5.74, 6) is 0.222. The fourth-order valence-electron chi connectivity index (χ4n) is 7.15. The predicted molar refractivity (Wildman–Crippen MR) is 134 cm³/mol. The standard InChI is InChI=1S/C26H41ClFN3O6/c1-15-24(18-12-35-11-16(18)10-29-15)37-14-23(34)31-26-6-4-25(5-7-26,9-21(26)32)30-22(33)13-36-17-2-3-19(27)20(28)8-17/h15-21,24,29,32H,2-14H2,1H3,(H,30,33)(H,31,34)/t15?,16?,17?,18?,19?,20?,21-,24?,25?,26?/m0/s1. The highest BCUT2D eigenvalue weighted by molar-refractivity contribution is 6.21. The van der Waals surface area contributed by atoms with E-state index in [0.717, 1.165) is 13.2 Å². The van der Waals surface area contributed by atoms with E-state index in [1.165, 1.54) is 0 Å². The van der Waals surface area contributed by atoms with Crippen LogP contribution in [0.3, 0.4) is 0 Å². The van der Waals surface area contributed by atoms with Gasteiger partial charge in [0.25, 0.3) is 0 Å². The Morgan fingerprint density at radius 1 is 1.11 bits per heavy atom. The maximum atomic E-state index is 13.8. The van der Waals surface area contributed by atoms with Crippen LogP contribution in [0.5, 0.6) is 0 Å². The van der Waals surface area contributed by atoms with E-state index in [1.54, 1.807) is 0 Å². The van der Waals surface area contributed by atoms with Crippen LogP contribution in [0.25, 0.3) is 0 Å². The molecule has 4 saturated carbocycles. The summed E-state index contributed by atoms with van der Waals surface area (Å²) in [6, 6.07) is 0.144. The van der Waals surface area contributed by atoms with Crippen molar-refractivity contribution in [3.8, 4) is 0 Å². The van der Waals surface area contributed by atoms with Crippen molar-refractivity contribution in [2.24, 2.45) is 11.8 Å². The van der Waals surface area contributed by atoms with Crippen LogP contribution in [-0.2, 0) is 23.8 Å². The molecule has 0 aromatic heterocycles. The molecule has 210 valence electrons. The van der Waals surface area contributed by atoms with Gasteiger partial charge < -0.3 is 35.3 Å². The molecule has 8 atom stereocenters. The largest absolute Gasteiger partial charge is 0.391 e. The number of nitrogens with one attached hydrogen (secondary N) is 3. The Morgan fingerprint density at radius 3 is 2.57 bits per heavy atom. The predicted octanol–water partition coefficient (Wildman–Crippen LogP) is 1.19. The molecule has 0 aromatic rings. The van der Waals surface area contributed by atoms with Crippen molar-refractivity contribution in [1.82, 2.24) is 16.0 Å². The fraction of sp³-hybridized carbons (Fsp3) is 0.923. The number of aliphatic hydroxyl groups excluding tert-OH is 1. The first-order chi connectivity index (χ1) is 17.7. The molecule has 2 heterocycles. The summed E-state index contributed by atoms with van der Waals surface area (Å²) < 4.78 is 31.2. The third kappa shape index (κ3) is 5.94. The number of carbonyl (C=O) groups excluding carboxylic acids is 2. The molecule has 2 saturated heterocycles. The van der Waals surface area contributed by atoms with E-state index in [-0.39, 0.29) is 49.7 Å². The van der Waals surface area contributed by atoms with Gasteiger partial charge in [-0.3, -0.25) is 9.59 Å². The molecule has 4 aliphatic carbocycles. The van der Waals surface area contributed by atoms with Gasteiger partial charge >= 0.3 is 0 Å². The summed E-state index contributed by atoms with van der Waals surface area (Å²) >= 11 is 5.93. The molecule has 4 N–H and O–H groups in total. The SMILES string of the molecule is CC1NCC2COCC2C1OCC(=O)NC12CCC(NC(=O)COC3CCC(Cl)C(F)C3)(CC1)C[C@@H]2O. The van der Waals surface area contributed by atoms with Crippen molar-refractivity contribution in [2.75, 3.05) is 33.0 Å². The summed E-state index contributed by atoms with van der Waals surface area (Å²) in [5, 5.41) is 20.2. The smallest absolute Gasteiger partial charge is 0.246 e. The third-order valence-corrected chi connectivity index (χ3v) is 9.97. The summed E-state index contributed by atoms with van der Waals surface area (Å²) in [5.41, 5.74) is -1.21. The topological polar surface area (TPSA) is 118 Å². The number of piperidine rings is 1. The second-order valence-corrected chi connectivity index (χ2v) is 12.5. The molecule has 9 nitrogen and oxygen atoms in total. The van der Waals surface area contributed by atoms with Gasteiger partial charge in [-0.25, -0.2) is 4.39 Å². The van der Waals surface area contributed by atoms with Crippen LogP contribution < -0.4 is 16.0 Å². The van der Waals surface area contributed by atoms with Crippen molar-refractivity contribution in [3.63, 3.8) is 0 Å². The highest BCUT2D eigenvalue weighted by Gasteiger charge is 2.55. The minimum Gasteiger partial charge on any atom is -0.391 e. The van der Waals surface area contributed by atoms with E-state index < -0.39 is 28.7 Å². The fourth-order valence-corrected chi connectivity index (χ4v) is 7.38. The number of aliphatic hydroxyl groups is 1. The van der Waals surface area contributed by atoms with Crippen LogP contribution in [-0.4, -0.2) is 96.9 Å². The van der Waals surface area contributed by atoms with E-state index in [0.29, 0.717) is 63.4 Å². The number of hydrogen-bond acceptors (Lipinski definition) is 7. The van der Waals surface area contributed by atoms with E-state index in [4.69, 9.17) is 25.8 Å². The molecule has 6 fully saturated rings. The Bertz CT molecular complexity index is 843. The number of rotatable bonds is 8. The number of halogens is 2. The number of fused-ring (bicyclic) bond motifs is 4. The number of alkyl halides is 2. The normalized spacial score (nSPS) is 45.3. The van der Waals surface area contributed by atoms with Crippen molar-refractivity contribution in [3.05, 3.63) is 0 Å². The summed E-state index contributed by atoms with van der Waals surface area (Å²) in [6.45, 7) is 4.17. The van der Waals surface area contributed by atoms with Crippen LogP contribution >= 0.6 is 11.6 Å². The first-order valence-electron chi connectivity index (χ1n) is 13.8. The maximum Gasteiger partial charge on any atom is 0.246 e. The number of carbonyl (C=O) groups is 2. The Morgan fingerprint density at radius 2 is 1.84 bits per heavy atom. The van der Waals surface area contributed by atoms with Gasteiger partial charge in [-0.2, -0.15) is 0 Å². The molecule has 6 aliphatic rings. The van der Waals surface area contributed by atoms with Crippen molar-refractivity contribution in [1.29, 1.82) is 0 Å².